The van der Waals surface area contributed by atoms with Gasteiger partial charge in [0, 0.05) is 18.5 Å². The summed E-state index contributed by atoms with van der Waals surface area (Å²) < 4.78 is 0. The third-order valence-electron chi connectivity index (χ3n) is 6.30. The summed E-state index contributed by atoms with van der Waals surface area (Å²) in [5.41, 5.74) is 3.30. The molecule has 0 aromatic heterocycles. The lowest BCUT2D eigenvalue weighted by Gasteiger charge is -2.50. The van der Waals surface area contributed by atoms with E-state index in [1.165, 1.54) is 24.8 Å². The molecule has 0 spiro atoms. The highest BCUT2D eigenvalue weighted by Gasteiger charge is 2.43. The molecule has 134 valence electrons. The molecule has 0 saturated carbocycles. The van der Waals surface area contributed by atoms with Crippen LogP contribution in [0.1, 0.15) is 43.2 Å². The van der Waals surface area contributed by atoms with Crippen LogP contribution in [0.25, 0.3) is 11.1 Å². The van der Waals surface area contributed by atoms with Crippen LogP contribution in [-0.4, -0.2) is 34.7 Å². The zero-order valence-corrected chi connectivity index (χ0v) is 15.4. The Morgan fingerprint density at radius 3 is 2.38 bits per heavy atom. The van der Waals surface area contributed by atoms with Crippen LogP contribution in [0.2, 0.25) is 0 Å². The molecule has 2 saturated heterocycles. The Labute approximate surface area is 155 Å². The Kier molecular flexibility index (Phi) is 4.56. The van der Waals surface area contributed by atoms with Crippen LogP contribution in [0, 0.1) is 11.3 Å². The van der Waals surface area contributed by atoms with Crippen molar-refractivity contribution in [3.63, 3.8) is 0 Å². The largest absolute Gasteiger partial charge is 0.389 e. The van der Waals surface area contributed by atoms with Crippen molar-refractivity contribution in [3.05, 3.63) is 59.7 Å². The van der Waals surface area contributed by atoms with Gasteiger partial charge in [0.05, 0.1) is 17.2 Å². The summed E-state index contributed by atoms with van der Waals surface area (Å²) in [7, 11) is 2.22. The van der Waals surface area contributed by atoms with Gasteiger partial charge in [-0.2, -0.15) is 5.26 Å². The van der Waals surface area contributed by atoms with Crippen LogP contribution in [0.15, 0.2) is 48.5 Å². The first-order chi connectivity index (χ1) is 12.6. The smallest absolute Gasteiger partial charge is 0.0998 e. The highest BCUT2D eigenvalue weighted by molar-refractivity contribution is 5.70. The molecule has 2 fully saturated rings. The number of rotatable bonds is 3. The van der Waals surface area contributed by atoms with E-state index >= 15 is 0 Å². The summed E-state index contributed by atoms with van der Waals surface area (Å²) in [6.45, 7) is 0. The Hall–Kier alpha value is -2.15. The van der Waals surface area contributed by atoms with E-state index in [-0.39, 0.29) is 0 Å². The molecule has 3 nitrogen and oxygen atoms in total. The molecule has 26 heavy (non-hydrogen) atoms. The summed E-state index contributed by atoms with van der Waals surface area (Å²) in [5.74, 6) is 0. The van der Waals surface area contributed by atoms with Crippen molar-refractivity contribution in [1.82, 2.24) is 4.90 Å². The molecule has 2 unspecified atom stereocenters. The SMILES string of the molecule is CN1C2CCCC1CC(O)(Cc1ccc(-c3ccccc3C#N)cc1)C2. The summed E-state index contributed by atoms with van der Waals surface area (Å²) >= 11 is 0. The lowest BCUT2D eigenvalue weighted by molar-refractivity contribution is -0.0820. The van der Waals surface area contributed by atoms with E-state index in [4.69, 9.17) is 0 Å². The highest BCUT2D eigenvalue weighted by Crippen LogP contribution is 2.40. The van der Waals surface area contributed by atoms with E-state index in [0.29, 0.717) is 24.1 Å². The van der Waals surface area contributed by atoms with Gasteiger partial charge < -0.3 is 10.0 Å². The molecule has 1 N–H and O–H groups in total. The van der Waals surface area contributed by atoms with E-state index < -0.39 is 5.60 Å². The van der Waals surface area contributed by atoms with Gasteiger partial charge in [-0.25, -0.2) is 0 Å². The topological polar surface area (TPSA) is 47.3 Å². The van der Waals surface area contributed by atoms with Gasteiger partial charge in [0.2, 0.25) is 0 Å². The molecule has 2 aliphatic rings. The van der Waals surface area contributed by atoms with Crippen molar-refractivity contribution < 1.29 is 5.11 Å². The zero-order chi connectivity index (χ0) is 18.1. The maximum Gasteiger partial charge on any atom is 0.0998 e. The second kappa shape index (κ2) is 6.87. The van der Waals surface area contributed by atoms with Gasteiger partial charge in [-0.3, -0.25) is 0 Å². The second-order valence-electron chi connectivity index (χ2n) is 8.07. The molecule has 2 atom stereocenters. The number of nitrogens with zero attached hydrogens (tertiary/aromatic N) is 2. The molecule has 0 amide bonds. The van der Waals surface area contributed by atoms with E-state index in [9.17, 15) is 10.4 Å². The lowest BCUT2D eigenvalue weighted by atomic mass is 9.73. The van der Waals surface area contributed by atoms with E-state index in [1.807, 2.05) is 24.3 Å². The van der Waals surface area contributed by atoms with Gasteiger partial charge in [0.1, 0.15) is 0 Å². The first-order valence-corrected chi connectivity index (χ1v) is 9.61. The average Bonchev–Trinajstić information content (AvgIpc) is 2.64. The quantitative estimate of drug-likeness (QED) is 0.908. The molecule has 2 aromatic carbocycles. The number of nitriles is 1. The normalized spacial score (nSPS) is 28.5. The molecule has 0 aliphatic carbocycles. The fourth-order valence-electron chi connectivity index (χ4n) is 4.91. The molecule has 2 aromatic rings. The summed E-state index contributed by atoms with van der Waals surface area (Å²) in [6.07, 6.45) is 6.17. The van der Waals surface area contributed by atoms with Crippen LogP contribution in [0.3, 0.4) is 0 Å². The van der Waals surface area contributed by atoms with Crippen molar-refractivity contribution in [3.8, 4) is 17.2 Å². The molecular weight excluding hydrogens is 320 g/mol. The van der Waals surface area contributed by atoms with E-state index in [2.05, 4.69) is 42.3 Å². The van der Waals surface area contributed by atoms with Crippen molar-refractivity contribution in [2.45, 2.75) is 56.2 Å². The molecule has 0 radical (unpaired) electrons. The second-order valence-corrected chi connectivity index (χ2v) is 8.07. The van der Waals surface area contributed by atoms with Crippen LogP contribution >= 0.6 is 0 Å². The first-order valence-electron chi connectivity index (χ1n) is 9.61. The van der Waals surface area contributed by atoms with Crippen molar-refractivity contribution >= 4 is 0 Å². The predicted octanol–water partition coefficient (Wildman–Crippen LogP) is 4.15. The summed E-state index contributed by atoms with van der Waals surface area (Å²) in [5, 5.41) is 20.5. The van der Waals surface area contributed by atoms with Crippen molar-refractivity contribution in [1.29, 1.82) is 5.26 Å². The summed E-state index contributed by atoms with van der Waals surface area (Å²) in [4.78, 5) is 2.49. The number of hydrogen-bond acceptors (Lipinski definition) is 3. The van der Waals surface area contributed by atoms with Gasteiger partial charge >= 0.3 is 0 Å². The van der Waals surface area contributed by atoms with E-state index in [0.717, 1.165) is 24.0 Å². The lowest BCUT2D eigenvalue weighted by Crippen LogP contribution is -2.57. The monoisotopic (exact) mass is 346 g/mol. The van der Waals surface area contributed by atoms with Gasteiger partial charge in [-0.05, 0) is 55.5 Å². The maximum atomic E-state index is 11.2. The fraction of sp³-hybridized carbons (Fsp3) is 0.435. The third kappa shape index (κ3) is 3.28. The minimum Gasteiger partial charge on any atom is -0.389 e. The van der Waals surface area contributed by atoms with Crippen molar-refractivity contribution in [2.75, 3.05) is 7.05 Å². The third-order valence-corrected chi connectivity index (χ3v) is 6.30. The number of piperidine rings is 2. The molecule has 3 heteroatoms. The molecule has 2 aliphatic heterocycles. The predicted molar refractivity (Wildman–Crippen MR) is 104 cm³/mol. The summed E-state index contributed by atoms with van der Waals surface area (Å²) in [6, 6.07) is 19.4. The minimum atomic E-state index is -0.589. The van der Waals surface area contributed by atoms with E-state index in [1.54, 1.807) is 0 Å². The van der Waals surface area contributed by atoms with Crippen LogP contribution in [-0.2, 0) is 6.42 Å². The van der Waals surface area contributed by atoms with Gasteiger partial charge in [-0.1, -0.05) is 48.9 Å². The molecule has 4 rings (SSSR count). The number of hydrogen-bond donors (Lipinski definition) is 1. The highest BCUT2D eigenvalue weighted by atomic mass is 16.3. The van der Waals surface area contributed by atoms with Crippen LogP contribution in [0.4, 0.5) is 0 Å². The average molecular weight is 346 g/mol. The van der Waals surface area contributed by atoms with Crippen LogP contribution in [0.5, 0.6) is 0 Å². The maximum absolute atomic E-state index is 11.2. The fourth-order valence-corrected chi connectivity index (χ4v) is 4.91. The van der Waals surface area contributed by atoms with Gasteiger partial charge in [-0.15, -0.1) is 0 Å². The Balaban J connectivity index is 1.52. The number of aliphatic hydroxyl groups is 1. The standard InChI is InChI=1S/C23H26N2O/c1-25-20-6-4-7-21(25)15-23(26,14-20)13-17-9-11-18(12-10-17)22-8-3-2-5-19(22)16-24/h2-3,5,8-12,20-21,26H,4,6-7,13-15H2,1H3. The van der Waals surface area contributed by atoms with Crippen LogP contribution < -0.4 is 0 Å². The van der Waals surface area contributed by atoms with Crippen molar-refractivity contribution in [2.24, 2.45) is 0 Å². The number of benzene rings is 2. The molecular formula is C23H26N2O. The van der Waals surface area contributed by atoms with Gasteiger partial charge in [0.25, 0.3) is 0 Å². The van der Waals surface area contributed by atoms with Gasteiger partial charge in [0.15, 0.2) is 0 Å². The Bertz CT molecular complexity index is 807. The zero-order valence-electron chi connectivity index (χ0n) is 15.4. The minimum absolute atomic E-state index is 0.522. The number of fused-ring (bicyclic) bond motifs is 2. The molecule has 2 heterocycles. The molecule has 2 bridgehead atoms. The first kappa shape index (κ1) is 17.3. The Morgan fingerprint density at radius 1 is 1.08 bits per heavy atom. The Morgan fingerprint density at radius 2 is 1.73 bits per heavy atom.